The fourth-order valence-electron chi connectivity index (χ4n) is 4.22. The van der Waals surface area contributed by atoms with Crippen LogP contribution in [0.25, 0.3) is 6.08 Å². The van der Waals surface area contributed by atoms with Crippen molar-refractivity contribution in [2.45, 2.75) is 33.4 Å². The number of benzene rings is 1. The highest BCUT2D eigenvalue weighted by molar-refractivity contribution is 8.26. The van der Waals surface area contributed by atoms with Gasteiger partial charge in [-0.25, -0.2) is 0 Å². The van der Waals surface area contributed by atoms with Gasteiger partial charge in [0, 0.05) is 25.2 Å². The monoisotopic (exact) mass is 494 g/mol. The van der Waals surface area contributed by atoms with Gasteiger partial charge in [0.15, 0.2) is 0 Å². The number of carbonyl (C=O) groups is 1. The predicted octanol–water partition coefficient (Wildman–Crippen LogP) is 3.68. The lowest BCUT2D eigenvalue weighted by Crippen LogP contribution is -2.41. The maximum absolute atomic E-state index is 13.3. The van der Waals surface area contributed by atoms with Crippen LogP contribution in [-0.4, -0.2) is 46.0 Å². The van der Waals surface area contributed by atoms with Gasteiger partial charge in [-0.05, 0) is 30.5 Å². The average molecular weight is 495 g/mol. The lowest BCUT2D eigenvalue weighted by Gasteiger charge is -2.33. The minimum absolute atomic E-state index is 0.108. The van der Waals surface area contributed by atoms with Crippen LogP contribution in [-0.2, 0) is 22.6 Å². The number of anilines is 1. The van der Waals surface area contributed by atoms with Crippen molar-refractivity contribution in [3.8, 4) is 6.07 Å². The van der Waals surface area contributed by atoms with Gasteiger partial charge in [-0.2, -0.15) is 5.26 Å². The Hall–Kier alpha value is -2.93. The maximum atomic E-state index is 13.3. The second-order valence-corrected chi connectivity index (χ2v) is 9.83. The van der Waals surface area contributed by atoms with Crippen LogP contribution < -0.4 is 10.5 Å². The minimum Gasteiger partial charge on any atom is -0.378 e. The molecule has 2 aliphatic heterocycles. The van der Waals surface area contributed by atoms with E-state index in [4.69, 9.17) is 17.0 Å². The molecule has 4 rings (SSSR count). The average Bonchev–Trinajstić information content (AvgIpc) is 3.11. The lowest BCUT2D eigenvalue weighted by molar-refractivity contribution is -0.122. The molecule has 2 aliphatic rings. The van der Waals surface area contributed by atoms with Crippen LogP contribution in [0.5, 0.6) is 0 Å². The summed E-state index contributed by atoms with van der Waals surface area (Å²) < 4.78 is 7.69. The summed E-state index contributed by atoms with van der Waals surface area (Å²) in [5.41, 5.74) is 2.10. The Labute approximate surface area is 208 Å². The predicted molar refractivity (Wildman–Crippen MR) is 139 cm³/mol. The van der Waals surface area contributed by atoms with E-state index in [-0.39, 0.29) is 17.0 Å². The molecule has 0 atom stereocenters. The van der Waals surface area contributed by atoms with E-state index in [0.29, 0.717) is 59.7 Å². The molecule has 1 amide bonds. The number of nitrogens with zero attached hydrogens (tertiary/aromatic N) is 4. The summed E-state index contributed by atoms with van der Waals surface area (Å²) in [6.45, 7) is 7.02. The van der Waals surface area contributed by atoms with Crippen molar-refractivity contribution >= 4 is 46.1 Å². The molecule has 34 heavy (non-hydrogen) atoms. The number of rotatable bonds is 6. The van der Waals surface area contributed by atoms with Crippen LogP contribution in [0, 0.1) is 18.3 Å². The number of hydrogen-bond donors (Lipinski definition) is 0. The molecule has 2 fully saturated rings. The van der Waals surface area contributed by atoms with E-state index in [0.717, 1.165) is 17.8 Å². The second kappa shape index (κ2) is 10.6. The molecule has 0 radical (unpaired) electrons. The number of thiocarbonyl (C=S) groups is 1. The zero-order valence-electron chi connectivity index (χ0n) is 19.2. The molecule has 1 aromatic heterocycles. The standard InChI is InChI=1S/C25H26N4O3S2/c1-3-9-28-22(27-10-12-32-13-11-27)19(17(2)20(15-26)23(28)30)14-21-24(31)29(25(33)34-21)16-18-7-5-4-6-8-18/h4-8,14H,3,9-13,16H2,1-2H3/b21-14-. The summed E-state index contributed by atoms with van der Waals surface area (Å²) in [4.78, 5) is 30.7. The molecular formula is C25H26N4O3S2. The molecular weight excluding hydrogens is 468 g/mol. The van der Waals surface area contributed by atoms with Gasteiger partial charge in [0.05, 0.1) is 24.7 Å². The van der Waals surface area contributed by atoms with Crippen molar-refractivity contribution in [2.24, 2.45) is 0 Å². The van der Waals surface area contributed by atoms with Crippen LogP contribution in [0.4, 0.5) is 5.82 Å². The summed E-state index contributed by atoms with van der Waals surface area (Å²) in [6, 6.07) is 11.8. The van der Waals surface area contributed by atoms with Crippen molar-refractivity contribution in [2.75, 3.05) is 31.2 Å². The van der Waals surface area contributed by atoms with E-state index in [2.05, 4.69) is 11.0 Å². The summed E-state index contributed by atoms with van der Waals surface area (Å²) in [5.74, 6) is 0.568. The number of carbonyl (C=O) groups excluding carboxylic acids is 1. The van der Waals surface area contributed by atoms with Crippen LogP contribution in [0.15, 0.2) is 40.0 Å². The third-order valence-corrected chi connectivity index (χ3v) is 7.31. The molecule has 176 valence electrons. The van der Waals surface area contributed by atoms with Gasteiger partial charge in [0.1, 0.15) is 21.8 Å². The minimum atomic E-state index is -0.294. The highest BCUT2D eigenvalue weighted by atomic mass is 32.2. The van der Waals surface area contributed by atoms with E-state index in [1.165, 1.54) is 11.8 Å². The fraction of sp³-hybridized carbons (Fsp3) is 0.360. The Morgan fingerprint density at radius 2 is 1.91 bits per heavy atom. The number of morpholine rings is 1. The largest absolute Gasteiger partial charge is 0.378 e. The normalized spacial score (nSPS) is 17.5. The molecule has 0 unspecified atom stereocenters. The SMILES string of the molecule is CCCn1c(N2CCOCC2)c(/C=C2\SC(=S)N(Cc3ccccc3)C2=O)c(C)c(C#N)c1=O. The molecule has 0 aliphatic carbocycles. The Kier molecular flexibility index (Phi) is 7.51. The number of hydrogen-bond acceptors (Lipinski definition) is 7. The number of aromatic nitrogens is 1. The van der Waals surface area contributed by atoms with Crippen molar-refractivity contribution in [3.05, 3.63) is 67.8 Å². The fourth-order valence-corrected chi connectivity index (χ4v) is 5.46. The molecule has 0 spiro atoms. The summed E-state index contributed by atoms with van der Waals surface area (Å²) in [6.07, 6.45) is 2.54. The Morgan fingerprint density at radius 1 is 1.21 bits per heavy atom. The molecule has 9 heteroatoms. The van der Waals surface area contributed by atoms with Crippen molar-refractivity contribution in [3.63, 3.8) is 0 Å². The zero-order valence-corrected chi connectivity index (χ0v) is 20.9. The topological polar surface area (TPSA) is 78.6 Å². The molecule has 2 aromatic rings. The van der Waals surface area contributed by atoms with Crippen molar-refractivity contribution in [1.82, 2.24) is 9.47 Å². The number of thioether (sulfide) groups is 1. The van der Waals surface area contributed by atoms with Gasteiger partial charge in [-0.1, -0.05) is 61.2 Å². The van der Waals surface area contributed by atoms with E-state index in [1.54, 1.807) is 22.5 Å². The Balaban J connectivity index is 1.82. The van der Waals surface area contributed by atoms with Crippen molar-refractivity contribution < 1.29 is 9.53 Å². The van der Waals surface area contributed by atoms with E-state index < -0.39 is 0 Å². The zero-order chi connectivity index (χ0) is 24.2. The highest BCUT2D eigenvalue weighted by Crippen LogP contribution is 2.36. The van der Waals surface area contributed by atoms with Crippen molar-refractivity contribution in [1.29, 1.82) is 5.26 Å². The van der Waals surface area contributed by atoms with Crippen LogP contribution >= 0.6 is 24.0 Å². The molecule has 1 aromatic carbocycles. The lowest BCUT2D eigenvalue weighted by atomic mass is 10.0. The molecule has 0 saturated carbocycles. The molecule has 0 N–H and O–H groups in total. The first-order valence-corrected chi connectivity index (χ1v) is 12.5. The van der Waals surface area contributed by atoms with Crippen LogP contribution in [0.1, 0.15) is 35.6 Å². The van der Waals surface area contributed by atoms with Gasteiger partial charge in [-0.3, -0.25) is 19.1 Å². The van der Waals surface area contributed by atoms with E-state index in [1.807, 2.05) is 37.3 Å². The molecule has 7 nitrogen and oxygen atoms in total. The Bertz CT molecular complexity index is 1240. The van der Waals surface area contributed by atoms with Gasteiger partial charge in [0.2, 0.25) is 0 Å². The summed E-state index contributed by atoms with van der Waals surface area (Å²) in [7, 11) is 0. The summed E-state index contributed by atoms with van der Waals surface area (Å²) in [5, 5.41) is 9.76. The first-order chi connectivity index (χ1) is 16.5. The quantitative estimate of drug-likeness (QED) is 0.448. The maximum Gasteiger partial charge on any atom is 0.270 e. The number of nitriles is 1. The highest BCUT2D eigenvalue weighted by Gasteiger charge is 2.33. The van der Waals surface area contributed by atoms with Crippen LogP contribution in [0.2, 0.25) is 0 Å². The number of amides is 1. The van der Waals surface area contributed by atoms with Gasteiger partial charge in [0.25, 0.3) is 11.5 Å². The van der Waals surface area contributed by atoms with Gasteiger partial charge >= 0.3 is 0 Å². The third kappa shape index (κ3) is 4.67. The summed E-state index contributed by atoms with van der Waals surface area (Å²) >= 11 is 6.78. The Morgan fingerprint density at radius 3 is 2.56 bits per heavy atom. The molecule has 0 bridgehead atoms. The van der Waals surface area contributed by atoms with Gasteiger partial charge in [-0.15, -0.1) is 0 Å². The number of ether oxygens (including phenoxy) is 1. The number of pyridine rings is 1. The van der Waals surface area contributed by atoms with E-state index in [9.17, 15) is 14.9 Å². The smallest absolute Gasteiger partial charge is 0.270 e. The first kappa shape index (κ1) is 24.2. The first-order valence-electron chi connectivity index (χ1n) is 11.3. The third-order valence-electron chi connectivity index (χ3n) is 5.94. The van der Waals surface area contributed by atoms with Gasteiger partial charge < -0.3 is 9.64 Å². The molecule has 3 heterocycles. The van der Waals surface area contributed by atoms with E-state index >= 15 is 0 Å². The van der Waals surface area contributed by atoms with Crippen LogP contribution in [0.3, 0.4) is 0 Å². The molecule has 2 saturated heterocycles. The second-order valence-electron chi connectivity index (χ2n) is 8.16.